The zero-order chi connectivity index (χ0) is 101. The minimum atomic E-state index is -4.94. The summed E-state index contributed by atoms with van der Waals surface area (Å²) >= 11 is 19.7. The fraction of sp³-hybridized carbons (Fsp3) is 0.389. The number of aliphatic hydroxyl groups is 8. The number of ether oxygens (including phenoxy) is 8. The van der Waals surface area contributed by atoms with E-state index in [2.05, 4.69) is 15.0 Å². The topological polar surface area (TPSA) is 634 Å². The Labute approximate surface area is 763 Å². The highest BCUT2D eigenvalue weighted by Gasteiger charge is 2.62. The van der Waals surface area contributed by atoms with Gasteiger partial charge in [-0.1, -0.05) is 48.5 Å². The largest absolute Gasteiger partial charge is 0.530 e. The molecule has 0 bridgehead atoms. The molecule has 0 saturated carbocycles. The number of fused-ring (bicyclic) bond motifs is 4. The van der Waals surface area contributed by atoms with Crippen molar-refractivity contribution in [1.29, 1.82) is 0 Å². The van der Waals surface area contributed by atoms with Gasteiger partial charge < -0.3 is 96.8 Å². The minimum Gasteiger partial charge on any atom is -0.493 e. The Bertz CT molecular complexity index is 6830. The van der Waals surface area contributed by atoms with Crippen LogP contribution >= 0.6 is 80.2 Å². The number of halogens is 4. The third-order valence-corrected chi connectivity index (χ3v) is 25.6. The second-order valence-electron chi connectivity index (χ2n) is 27.8. The third-order valence-electron chi connectivity index (χ3n) is 19.5. The number of carbonyl (C=O) groups is 4. The Morgan fingerprint density at radius 1 is 0.402 bits per heavy atom. The summed E-state index contributed by atoms with van der Waals surface area (Å²) in [6, 6.07) is 18.8. The van der Waals surface area contributed by atoms with Crippen molar-refractivity contribution in [2.24, 2.45) is 0 Å². The van der Waals surface area contributed by atoms with Gasteiger partial charge in [0.25, 0.3) is 45.7 Å². The van der Waals surface area contributed by atoms with Gasteiger partial charge in [-0.2, -0.15) is 0 Å². The highest BCUT2D eigenvalue weighted by atomic mass is 32.1. The summed E-state index contributed by atoms with van der Waals surface area (Å²) in [7, 11) is -13.3. The molecular weight excluding hydrogens is 1940 g/mol. The molecular formula is C72H72F4N8O40P4S4. The lowest BCUT2D eigenvalue weighted by Gasteiger charge is -2.29. The second kappa shape index (κ2) is 39.6. The van der Waals surface area contributed by atoms with E-state index in [1.54, 1.807) is 48.5 Å². The molecule has 12 N–H and O–H groups in total. The van der Waals surface area contributed by atoms with Gasteiger partial charge in [-0.25, -0.2) is 35.8 Å². The first kappa shape index (κ1) is 91.3. The van der Waals surface area contributed by atoms with Gasteiger partial charge in [0.15, 0.2) is 115 Å². The summed E-state index contributed by atoms with van der Waals surface area (Å²) in [6.45, 7) is -11.3. The molecule has 4 saturated heterocycles. The van der Waals surface area contributed by atoms with Crippen molar-refractivity contribution in [1.82, 2.24) is 38.2 Å². The van der Waals surface area contributed by atoms with E-state index in [0.717, 1.165) is 27.7 Å². The van der Waals surface area contributed by atoms with Crippen molar-refractivity contribution in [3.8, 4) is 46.0 Å². The van der Waals surface area contributed by atoms with Crippen molar-refractivity contribution in [3.63, 3.8) is 0 Å². The normalized spacial score (nSPS) is 33.0. The summed E-state index contributed by atoms with van der Waals surface area (Å²) in [4.78, 5) is 99.6. The molecule has 16 rings (SSSR count). The van der Waals surface area contributed by atoms with E-state index in [4.69, 9.17) is 149 Å². The molecule has 4 fully saturated rings. The van der Waals surface area contributed by atoms with Crippen LogP contribution in [0.4, 0.5) is 17.6 Å². The number of nitrogens with zero attached hydrogens (tertiary/aromatic N) is 4. The number of phosphoric acid groups is 4. The summed E-state index contributed by atoms with van der Waals surface area (Å²) in [5.41, 5.74) is -3.71. The number of hydrogen-bond acceptors (Lipinski definition) is 44. The van der Waals surface area contributed by atoms with Crippen LogP contribution in [0, 0.1) is 19.1 Å². The van der Waals surface area contributed by atoms with E-state index in [9.17, 15) is 97.5 Å². The van der Waals surface area contributed by atoms with Crippen molar-refractivity contribution in [2.75, 3.05) is 54.8 Å². The number of methoxy groups -OCH3 is 4. The van der Waals surface area contributed by atoms with Crippen LogP contribution in [0.25, 0.3) is 0 Å². The molecule has 4 unspecified atom stereocenters. The number of rotatable bonds is 24. The highest BCUT2D eigenvalue weighted by Crippen LogP contribution is 2.62. The van der Waals surface area contributed by atoms with E-state index in [-0.39, 0.29) is 101 Å². The number of aliphatic hydroxyl groups excluding tert-OH is 8. The van der Waals surface area contributed by atoms with Crippen LogP contribution in [0.15, 0.2) is 117 Å². The summed E-state index contributed by atoms with van der Waals surface area (Å²) < 4.78 is 266. The van der Waals surface area contributed by atoms with E-state index in [1.807, 2.05) is 4.98 Å². The van der Waals surface area contributed by atoms with Crippen molar-refractivity contribution >= 4 is 105 Å². The lowest BCUT2D eigenvalue weighted by Crippen LogP contribution is -2.43. The van der Waals surface area contributed by atoms with Gasteiger partial charge in [-0.15, -0.1) is 0 Å². The lowest BCUT2D eigenvalue weighted by molar-refractivity contribution is -0.205. The van der Waals surface area contributed by atoms with Crippen LogP contribution in [0.5, 0.6) is 46.0 Å². The molecule has 0 radical (unpaired) electrons. The molecule has 0 aliphatic carbocycles. The first-order valence-electron chi connectivity index (χ1n) is 40.0. The van der Waals surface area contributed by atoms with Gasteiger partial charge in [0.1, 0.15) is 75.2 Å². The molecule has 0 spiro atoms. The summed E-state index contributed by atoms with van der Waals surface area (Å²) in [5, 5.41) is 83.0. The SMILES string of the molecule is COc1cccc2c1OP(=O)(OC[C@@]1(F)O[C@@H](n3cc(C=O)c(=O)[nH]c3=S)[C@H](O)[C@@H]1O)OC2.[2H]C([2H])(OP1(=O)OCc2cccc(OC)c2O1)[C@@]1(F)O[C@@H](n2cc(C=O)c(=O)[nH]c2=S)[C@H](O)[C@@H]1O.[2H]C([2H])(OP1(=O)OCc2cccc(OC)c2O1)[C@@]1(F)O[C@@]([2H])(n2cc(C=O)c(=O)[nH]c2=S)[C@H](O)[C@@H]1O.[2H][C@@]1(n2cc(C=O)c(=O)[nH]c2=S)O[C@](F)(COP2(=O)OCc3cccc(OC)c3O2)[C@@H](O)[C@H]1O. The van der Waals surface area contributed by atoms with Crippen molar-refractivity contribution in [2.45, 2.75) is 124 Å². The Balaban J connectivity index is 0.000000155. The number of phosphoric ester groups is 4. The molecule has 8 aliphatic rings. The third kappa shape index (κ3) is 20.3. The number of aromatic nitrogens is 8. The lowest BCUT2D eigenvalue weighted by atomic mass is 10.1. The number of benzene rings is 4. The number of nitrogens with one attached hydrogen (secondary N) is 4. The Kier molecular flexibility index (Phi) is 27.4. The Morgan fingerprint density at radius 2 is 0.644 bits per heavy atom. The monoisotopic (exact) mass is 2020 g/mol. The molecule has 4 aromatic heterocycles. The Morgan fingerprint density at radius 3 is 0.947 bits per heavy atom. The van der Waals surface area contributed by atoms with Crippen LogP contribution in [0.3, 0.4) is 0 Å². The molecule has 48 nitrogen and oxygen atoms in total. The first-order chi connectivity index (χ1) is 64.6. The Hall–Kier alpha value is -9.80. The smallest absolute Gasteiger partial charge is 0.493 e. The van der Waals surface area contributed by atoms with E-state index in [1.165, 1.54) is 52.7 Å². The molecule has 60 heteroatoms. The predicted molar refractivity (Wildman–Crippen MR) is 437 cm³/mol. The summed E-state index contributed by atoms with van der Waals surface area (Å²) in [6.07, 6.45) is -24.7. The second-order valence-corrected chi connectivity index (χ2v) is 35.6. The van der Waals surface area contributed by atoms with E-state index in [0.29, 0.717) is 37.6 Å². The molecule has 8 aliphatic heterocycles. The average Bonchev–Trinajstić information content (AvgIpc) is 1.55. The van der Waals surface area contributed by atoms with Crippen LogP contribution < -0.4 is 59.3 Å². The van der Waals surface area contributed by atoms with Crippen LogP contribution in [-0.4, -0.2) is 231 Å². The number of alkyl halides is 4. The van der Waals surface area contributed by atoms with E-state index >= 15 is 17.6 Å². The highest BCUT2D eigenvalue weighted by molar-refractivity contribution is 7.71. The number of para-hydroxylation sites is 4. The van der Waals surface area contributed by atoms with Gasteiger partial charge >= 0.3 is 31.3 Å². The van der Waals surface area contributed by atoms with Crippen LogP contribution in [-0.2, 0) is 99.8 Å². The molecule has 712 valence electrons. The van der Waals surface area contributed by atoms with Gasteiger partial charge in [0, 0.05) is 47.0 Å². The standard InChI is InChI=1S/4C18H18FN2O10PS/c4*1-27-11-4-2-3-9-7-28-32(26,31-13(9)11)29-8-18(19)14(24)12(23)16(30-18)21-5-10(6-22)15(25)20-17(21)33/h4*2-6,12,14,16,23-24H,7-8H2,1H3,(H,20,25,33)/t4*12-,14+,16-,18-,32?/m1111/s1/i8D2,16D;16D;8D2;. The van der Waals surface area contributed by atoms with E-state index < -0.39 is 215 Å². The quantitative estimate of drug-likeness (QED) is 0.0153. The predicted octanol–water partition coefficient (Wildman–Crippen LogP) is 5.51. The number of H-pyrrole nitrogens is 4. The van der Waals surface area contributed by atoms with Gasteiger partial charge in [-0.3, -0.25) is 113 Å². The molecule has 132 heavy (non-hydrogen) atoms. The molecule has 8 aromatic rings. The fourth-order valence-electron chi connectivity index (χ4n) is 12.7. The summed E-state index contributed by atoms with van der Waals surface area (Å²) in [5.74, 6) is -13.7. The van der Waals surface area contributed by atoms with Gasteiger partial charge in [-0.05, 0) is 73.1 Å². The fourth-order valence-corrected chi connectivity index (χ4v) is 18.3. The maximum Gasteiger partial charge on any atom is 0.530 e. The van der Waals surface area contributed by atoms with Gasteiger partial charge in [0.2, 0.25) is 0 Å². The first-order valence-corrected chi connectivity index (χ1v) is 44.4. The maximum atomic E-state index is 16.0. The minimum absolute atomic E-state index is 0.0520. The zero-order valence-corrected chi connectivity index (χ0v) is 73.8. The molecule has 4 aromatic carbocycles. The molecule has 0 amide bonds. The average molecular weight is 2020 g/mol. The number of carbonyl (C=O) groups excluding carboxylic acids is 4. The number of hydrogen-bond donors (Lipinski definition) is 12. The van der Waals surface area contributed by atoms with Crippen molar-refractivity contribution in [3.05, 3.63) is 203 Å². The zero-order valence-electron chi connectivity index (χ0n) is 72.9. The molecule has 20 atom stereocenters. The number of aromatic amines is 4. The van der Waals surface area contributed by atoms with Gasteiger partial charge in [0.05, 0.1) is 85.3 Å². The van der Waals surface area contributed by atoms with Crippen molar-refractivity contribution < 1.29 is 196 Å². The number of aldehydes is 4. The van der Waals surface area contributed by atoms with Crippen LogP contribution in [0.1, 0.15) is 96.8 Å². The van der Waals surface area contributed by atoms with Crippen LogP contribution in [0.2, 0.25) is 0 Å². The maximum absolute atomic E-state index is 16.0. The molecule has 12 heterocycles.